The zero-order valence-electron chi connectivity index (χ0n) is 12.9. The van der Waals surface area contributed by atoms with Crippen molar-refractivity contribution in [3.63, 3.8) is 0 Å². The Hall–Kier alpha value is -2.34. The number of piperidine rings is 1. The Labute approximate surface area is 134 Å². The van der Waals surface area contributed by atoms with Crippen molar-refractivity contribution in [1.82, 2.24) is 20.0 Å². The largest absolute Gasteiger partial charge is 0.507 e. The van der Waals surface area contributed by atoms with E-state index >= 15 is 0 Å². The van der Waals surface area contributed by atoms with Gasteiger partial charge >= 0.3 is 0 Å². The number of phenols is 1. The number of amides is 1. The SMILES string of the molecule is O=C(c1ccccc1O)N1CCC(n2ncc3c2CNC3)CC1. The summed E-state index contributed by atoms with van der Waals surface area (Å²) in [6.45, 7) is 3.17. The third kappa shape index (κ3) is 2.49. The number of carbonyl (C=O) groups excluding carboxylic acids is 1. The molecule has 0 aliphatic carbocycles. The standard InChI is InChI=1S/C17H20N4O2/c22-16-4-2-1-3-14(16)17(23)20-7-5-13(6-8-20)21-15-11-18-9-12(15)10-19-21/h1-4,10,13,18,22H,5-9,11H2. The number of hydrogen-bond acceptors (Lipinski definition) is 4. The fourth-order valence-electron chi connectivity index (χ4n) is 3.53. The van der Waals surface area contributed by atoms with Crippen molar-refractivity contribution in [3.8, 4) is 5.75 Å². The Morgan fingerprint density at radius 2 is 2.00 bits per heavy atom. The van der Waals surface area contributed by atoms with Crippen LogP contribution in [0.15, 0.2) is 30.5 Å². The van der Waals surface area contributed by atoms with Gasteiger partial charge in [0.2, 0.25) is 0 Å². The summed E-state index contributed by atoms with van der Waals surface area (Å²) in [4.78, 5) is 14.4. The van der Waals surface area contributed by atoms with Crippen LogP contribution in [0.25, 0.3) is 0 Å². The molecular weight excluding hydrogens is 292 g/mol. The van der Waals surface area contributed by atoms with E-state index in [1.54, 1.807) is 24.3 Å². The molecule has 0 radical (unpaired) electrons. The summed E-state index contributed by atoms with van der Waals surface area (Å²) in [6, 6.07) is 7.09. The van der Waals surface area contributed by atoms with Gasteiger partial charge in [0.15, 0.2) is 0 Å². The molecule has 2 aromatic rings. The molecule has 1 aromatic heterocycles. The number of nitrogens with zero attached hydrogens (tertiary/aromatic N) is 3. The summed E-state index contributed by atoms with van der Waals surface area (Å²) in [5.41, 5.74) is 2.96. The van der Waals surface area contributed by atoms with E-state index in [4.69, 9.17) is 0 Å². The fourth-order valence-corrected chi connectivity index (χ4v) is 3.53. The lowest BCUT2D eigenvalue weighted by molar-refractivity contribution is 0.0686. The second-order valence-corrected chi connectivity index (χ2v) is 6.21. The molecule has 0 saturated carbocycles. The van der Waals surface area contributed by atoms with Crippen LogP contribution in [0.3, 0.4) is 0 Å². The molecule has 2 aliphatic heterocycles. The number of benzene rings is 1. The van der Waals surface area contributed by atoms with Gasteiger partial charge in [0.25, 0.3) is 5.91 Å². The van der Waals surface area contributed by atoms with Gasteiger partial charge < -0.3 is 15.3 Å². The quantitative estimate of drug-likeness (QED) is 0.885. The number of rotatable bonds is 2. The molecule has 0 atom stereocenters. The fraction of sp³-hybridized carbons (Fsp3) is 0.412. The Morgan fingerprint density at radius 3 is 2.78 bits per heavy atom. The van der Waals surface area contributed by atoms with Crippen LogP contribution in [0, 0.1) is 0 Å². The van der Waals surface area contributed by atoms with Gasteiger partial charge in [0.05, 0.1) is 23.5 Å². The van der Waals surface area contributed by atoms with E-state index in [-0.39, 0.29) is 11.7 Å². The molecule has 1 amide bonds. The van der Waals surface area contributed by atoms with Gasteiger partial charge in [0, 0.05) is 31.7 Å². The molecule has 2 N–H and O–H groups in total. The average molecular weight is 312 g/mol. The molecule has 0 spiro atoms. The first kappa shape index (κ1) is 14.3. The van der Waals surface area contributed by atoms with Crippen LogP contribution in [-0.2, 0) is 13.1 Å². The highest BCUT2D eigenvalue weighted by atomic mass is 16.3. The monoisotopic (exact) mass is 312 g/mol. The van der Waals surface area contributed by atoms with Crippen LogP contribution in [0.2, 0.25) is 0 Å². The Morgan fingerprint density at radius 1 is 1.22 bits per heavy atom. The second kappa shape index (κ2) is 5.70. The van der Waals surface area contributed by atoms with Gasteiger partial charge in [-0.05, 0) is 25.0 Å². The third-order valence-electron chi connectivity index (χ3n) is 4.83. The third-order valence-corrected chi connectivity index (χ3v) is 4.83. The highest BCUT2D eigenvalue weighted by molar-refractivity contribution is 5.96. The number of para-hydroxylation sites is 1. The summed E-state index contributed by atoms with van der Waals surface area (Å²) in [7, 11) is 0. The number of nitrogens with one attached hydrogen (secondary N) is 1. The van der Waals surface area contributed by atoms with Crippen molar-refractivity contribution < 1.29 is 9.90 Å². The molecule has 6 nitrogen and oxygen atoms in total. The lowest BCUT2D eigenvalue weighted by Gasteiger charge is -2.33. The van der Waals surface area contributed by atoms with Gasteiger partial charge in [0.1, 0.15) is 5.75 Å². The molecule has 6 heteroatoms. The highest BCUT2D eigenvalue weighted by Crippen LogP contribution is 2.28. The van der Waals surface area contributed by atoms with Crippen LogP contribution >= 0.6 is 0 Å². The smallest absolute Gasteiger partial charge is 0.257 e. The van der Waals surface area contributed by atoms with E-state index < -0.39 is 0 Å². The lowest BCUT2D eigenvalue weighted by atomic mass is 10.0. The van der Waals surface area contributed by atoms with Gasteiger partial charge in [-0.25, -0.2) is 0 Å². The van der Waals surface area contributed by atoms with Gasteiger partial charge in [-0.2, -0.15) is 5.10 Å². The van der Waals surface area contributed by atoms with Crippen LogP contribution in [-0.4, -0.2) is 38.8 Å². The van der Waals surface area contributed by atoms with Gasteiger partial charge in [-0.3, -0.25) is 9.48 Å². The maximum Gasteiger partial charge on any atom is 0.257 e. The summed E-state index contributed by atoms with van der Waals surface area (Å²) in [6.07, 6.45) is 3.75. The first-order valence-electron chi connectivity index (χ1n) is 8.07. The molecular formula is C17H20N4O2. The topological polar surface area (TPSA) is 70.4 Å². The minimum Gasteiger partial charge on any atom is -0.507 e. The molecule has 4 rings (SSSR count). The second-order valence-electron chi connectivity index (χ2n) is 6.21. The molecule has 1 fully saturated rings. The summed E-state index contributed by atoms with van der Waals surface area (Å²) in [5, 5.41) is 17.7. The van der Waals surface area contributed by atoms with Crippen molar-refractivity contribution >= 4 is 5.91 Å². The van der Waals surface area contributed by atoms with E-state index in [1.807, 2.05) is 11.1 Å². The molecule has 2 aliphatic rings. The number of carbonyl (C=O) groups is 1. The van der Waals surface area contributed by atoms with Gasteiger partial charge in [-0.15, -0.1) is 0 Å². The number of hydrogen-bond donors (Lipinski definition) is 2. The predicted molar refractivity (Wildman–Crippen MR) is 85.1 cm³/mol. The first-order chi connectivity index (χ1) is 11.2. The molecule has 1 aromatic carbocycles. The molecule has 0 unspecified atom stereocenters. The number of phenolic OH excluding ortho intramolecular Hbond substituents is 1. The van der Waals surface area contributed by atoms with E-state index in [9.17, 15) is 9.90 Å². The van der Waals surface area contributed by atoms with E-state index in [0.29, 0.717) is 24.7 Å². The Balaban J connectivity index is 1.45. The normalized spacial score (nSPS) is 18.2. The van der Waals surface area contributed by atoms with Crippen LogP contribution in [0.4, 0.5) is 0 Å². The van der Waals surface area contributed by atoms with Crippen LogP contribution in [0.1, 0.15) is 40.5 Å². The zero-order valence-corrected chi connectivity index (χ0v) is 12.9. The summed E-state index contributed by atoms with van der Waals surface area (Å²) in [5.74, 6) is -0.0375. The van der Waals surface area contributed by atoms with E-state index in [1.165, 1.54) is 11.3 Å². The minimum atomic E-state index is -0.0890. The number of aromatic hydroxyl groups is 1. The van der Waals surface area contributed by atoms with Gasteiger partial charge in [-0.1, -0.05) is 12.1 Å². The predicted octanol–water partition coefficient (Wildman–Crippen LogP) is 1.67. The maximum atomic E-state index is 12.5. The molecule has 23 heavy (non-hydrogen) atoms. The molecule has 3 heterocycles. The van der Waals surface area contributed by atoms with Crippen molar-refractivity contribution in [3.05, 3.63) is 47.3 Å². The van der Waals surface area contributed by atoms with Crippen molar-refractivity contribution in [2.24, 2.45) is 0 Å². The number of aromatic nitrogens is 2. The summed E-state index contributed by atoms with van der Waals surface area (Å²) < 4.78 is 2.14. The number of likely N-dealkylation sites (tertiary alicyclic amines) is 1. The average Bonchev–Trinajstić information content (AvgIpc) is 3.18. The summed E-state index contributed by atoms with van der Waals surface area (Å²) >= 11 is 0. The lowest BCUT2D eigenvalue weighted by Crippen LogP contribution is -2.39. The van der Waals surface area contributed by atoms with E-state index in [0.717, 1.165) is 25.9 Å². The number of fused-ring (bicyclic) bond motifs is 1. The van der Waals surface area contributed by atoms with Crippen molar-refractivity contribution in [2.45, 2.75) is 32.0 Å². The Bertz CT molecular complexity index is 732. The van der Waals surface area contributed by atoms with Crippen molar-refractivity contribution in [1.29, 1.82) is 0 Å². The van der Waals surface area contributed by atoms with Crippen LogP contribution in [0.5, 0.6) is 5.75 Å². The highest BCUT2D eigenvalue weighted by Gasteiger charge is 2.28. The van der Waals surface area contributed by atoms with Crippen LogP contribution < -0.4 is 5.32 Å². The minimum absolute atomic E-state index is 0.0515. The first-order valence-corrected chi connectivity index (χ1v) is 8.07. The van der Waals surface area contributed by atoms with E-state index in [2.05, 4.69) is 15.1 Å². The maximum absolute atomic E-state index is 12.5. The van der Waals surface area contributed by atoms with Crippen molar-refractivity contribution in [2.75, 3.05) is 13.1 Å². The zero-order chi connectivity index (χ0) is 15.8. The Kier molecular flexibility index (Phi) is 3.53. The molecule has 120 valence electrons. The molecule has 0 bridgehead atoms. The molecule has 1 saturated heterocycles.